The molecule has 1 fully saturated rings. The average Bonchev–Trinajstić information content (AvgIpc) is 3.65. The fraction of sp³-hybridized carbons (Fsp3) is 0.393. The first-order chi connectivity index (χ1) is 17.7. The van der Waals surface area contributed by atoms with Gasteiger partial charge in [-0.3, -0.25) is 4.79 Å². The van der Waals surface area contributed by atoms with Crippen LogP contribution in [0.5, 0.6) is 0 Å². The van der Waals surface area contributed by atoms with Crippen molar-refractivity contribution in [3.05, 3.63) is 65.0 Å². The molecule has 1 saturated carbocycles. The van der Waals surface area contributed by atoms with Crippen LogP contribution in [0.3, 0.4) is 0 Å². The van der Waals surface area contributed by atoms with Crippen LogP contribution < -0.4 is 21.3 Å². The highest BCUT2D eigenvalue weighted by molar-refractivity contribution is 5.99. The third-order valence-corrected chi connectivity index (χ3v) is 6.90. The van der Waals surface area contributed by atoms with E-state index < -0.39 is 5.41 Å². The highest BCUT2D eigenvalue weighted by Crippen LogP contribution is 2.46. The highest BCUT2D eigenvalue weighted by atomic mass is 16.1. The summed E-state index contributed by atoms with van der Waals surface area (Å²) < 4.78 is 0. The van der Waals surface area contributed by atoms with E-state index in [0.717, 1.165) is 37.2 Å². The summed E-state index contributed by atoms with van der Waals surface area (Å²) in [6.45, 7) is 9.09. The smallest absolute Gasteiger partial charge is 0.256 e. The first-order valence-corrected chi connectivity index (χ1v) is 12.7. The van der Waals surface area contributed by atoms with Gasteiger partial charge in [0.2, 0.25) is 5.95 Å². The van der Waals surface area contributed by atoms with Gasteiger partial charge in [-0.1, -0.05) is 12.1 Å². The molecule has 4 N–H and O–H groups in total. The Labute approximate surface area is 217 Å². The maximum absolute atomic E-state index is 12.9. The molecule has 9 nitrogen and oxygen atoms in total. The van der Waals surface area contributed by atoms with Crippen LogP contribution in [-0.2, 0) is 17.4 Å². The lowest BCUT2D eigenvalue weighted by molar-refractivity contribution is 0.0943. The van der Waals surface area contributed by atoms with E-state index in [0.29, 0.717) is 23.1 Å². The summed E-state index contributed by atoms with van der Waals surface area (Å²) in [6, 6.07) is 14.2. The number of nitrogens with one attached hydrogen (secondary N) is 4. The predicted molar refractivity (Wildman–Crippen MR) is 143 cm³/mol. The molecule has 2 aromatic heterocycles. The zero-order valence-electron chi connectivity index (χ0n) is 21.6. The van der Waals surface area contributed by atoms with Crippen LogP contribution >= 0.6 is 0 Å². The Hall–Kier alpha value is -4.03. The summed E-state index contributed by atoms with van der Waals surface area (Å²) in [7, 11) is 0. The molecule has 0 bridgehead atoms. The van der Waals surface area contributed by atoms with Crippen LogP contribution in [0.25, 0.3) is 0 Å². The Morgan fingerprint density at radius 3 is 2.68 bits per heavy atom. The van der Waals surface area contributed by atoms with Crippen molar-refractivity contribution in [1.82, 2.24) is 25.6 Å². The van der Waals surface area contributed by atoms with Crippen molar-refractivity contribution in [2.75, 3.05) is 17.2 Å². The quantitative estimate of drug-likeness (QED) is 0.378. The molecule has 1 aromatic carbocycles. The fourth-order valence-corrected chi connectivity index (χ4v) is 4.71. The van der Waals surface area contributed by atoms with E-state index in [9.17, 15) is 10.1 Å². The van der Waals surface area contributed by atoms with E-state index in [1.807, 2.05) is 32.0 Å². The van der Waals surface area contributed by atoms with Gasteiger partial charge in [-0.15, -0.1) is 0 Å². The second-order valence-corrected chi connectivity index (χ2v) is 10.6. The number of carbonyl (C=O) groups is 1. The molecule has 9 heteroatoms. The monoisotopic (exact) mass is 496 g/mol. The number of nitrogens with zero attached hydrogens (tertiary/aromatic N) is 4. The van der Waals surface area contributed by atoms with Crippen LogP contribution in [0.1, 0.15) is 67.7 Å². The normalized spacial score (nSPS) is 16.9. The molecule has 2 aliphatic rings. The number of carbonyl (C=O) groups excluding carboxylic acids is 1. The lowest BCUT2D eigenvalue weighted by atomic mass is 9.85. The molecule has 1 aliphatic carbocycles. The number of fused-ring (bicyclic) bond motifs is 1. The first kappa shape index (κ1) is 24.7. The fourth-order valence-electron chi connectivity index (χ4n) is 4.71. The number of rotatable bonds is 7. The lowest BCUT2D eigenvalue weighted by Gasteiger charge is -2.34. The van der Waals surface area contributed by atoms with Gasteiger partial charge in [0, 0.05) is 23.5 Å². The molecule has 0 radical (unpaired) electrons. The van der Waals surface area contributed by atoms with Gasteiger partial charge >= 0.3 is 0 Å². The van der Waals surface area contributed by atoms with E-state index >= 15 is 0 Å². The molecule has 0 spiro atoms. The zero-order chi connectivity index (χ0) is 26.2. The number of benzene rings is 1. The Bertz CT molecular complexity index is 1390. The molecule has 190 valence electrons. The van der Waals surface area contributed by atoms with Crippen molar-refractivity contribution in [2.24, 2.45) is 0 Å². The molecular formula is C28H32N8O. The number of amides is 1. The topological polar surface area (TPSA) is 128 Å². The Morgan fingerprint density at radius 2 is 1.95 bits per heavy atom. The van der Waals surface area contributed by atoms with Crippen LogP contribution in [0.2, 0.25) is 0 Å². The van der Waals surface area contributed by atoms with Crippen LogP contribution in [0.4, 0.5) is 23.3 Å². The Balaban J connectivity index is 1.45. The molecule has 3 heterocycles. The van der Waals surface area contributed by atoms with Gasteiger partial charge in [-0.2, -0.15) is 10.2 Å². The average molecular weight is 497 g/mol. The largest absolute Gasteiger partial charge is 0.350 e. The van der Waals surface area contributed by atoms with Gasteiger partial charge < -0.3 is 21.3 Å². The minimum atomic E-state index is -0.509. The third-order valence-electron chi connectivity index (χ3n) is 6.90. The molecule has 5 rings (SSSR count). The third kappa shape index (κ3) is 5.11. The van der Waals surface area contributed by atoms with Gasteiger partial charge in [-0.25, -0.2) is 9.97 Å². The second kappa shape index (κ2) is 9.45. The summed E-state index contributed by atoms with van der Waals surface area (Å²) >= 11 is 0. The summed E-state index contributed by atoms with van der Waals surface area (Å²) in [5.41, 5.74) is 3.91. The minimum absolute atomic E-state index is 0.0424. The number of pyridine rings is 1. The number of anilines is 4. The standard InChI is InChI=1S/C28H32N8O/c1-17(2)32-25(37)20-15-30-26(33-19-8-9-21-18(14-19)10-13-31-27(21,3)4)36-24(20)35-23-7-5-6-22(34-23)28(16-29)11-12-28/h5-9,14-15,17,31H,10-13H2,1-4H3,(H,32,37)(H2,30,33,34,35,36). The first-order valence-electron chi connectivity index (χ1n) is 12.7. The van der Waals surface area contributed by atoms with Crippen molar-refractivity contribution in [3.8, 4) is 6.07 Å². The molecule has 0 saturated heterocycles. The molecular weight excluding hydrogens is 464 g/mol. The molecule has 0 unspecified atom stereocenters. The number of aromatic nitrogens is 3. The highest BCUT2D eigenvalue weighted by Gasteiger charge is 2.46. The maximum atomic E-state index is 12.9. The van der Waals surface area contributed by atoms with E-state index in [4.69, 9.17) is 0 Å². The summed E-state index contributed by atoms with van der Waals surface area (Å²) in [6.07, 6.45) is 4.07. The SMILES string of the molecule is CC(C)NC(=O)c1cnc(Nc2ccc3c(c2)CCNC3(C)C)nc1Nc1cccc(C2(C#N)CC2)n1. The van der Waals surface area contributed by atoms with Crippen molar-refractivity contribution >= 4 is 29.2 Å². The molecule has 37 heavy (non-hydrogen) atoms. The lowest BCUT2D eigenvalue weighted by Crippen LogP contribution is -2.42. The van der Waals surface area contributed by atoms with E-state index in [1.165, 1.54) is 17.3 Å². The van der Waals surface area contributed by atoms with Crippen LogP contribution in [0.15, 0.2) is 42.6 Å². The van der Waals surface area contributed by atoms with Crippen molar-refractivity contribution in [2.45, 2.75) is 64.0 Å². The van der Waals surface area contributed by atoms with Gasteiger partial charge in [-0.05, 0) is 88.9 Å². The van der Waals surface area contributed by atoms with E-state index in [1.54, 1.807) is 6.07 Å². The molecule has 1 amide bonds. The van der Waals surface area contributed by atoms with Crippen LogP contribution in [-0.4, -0.2) is 33.4 Å². The molecule has 1 aliphatic heterocycles. The zero-order valence-corrected chi connectivity index (χ0v) is 21.6. The Morgan fingerprint density at radius 1 is 1.14 bits per heavy atom. The summed E-state index contributed by atoms with van der Waals surface area (Å²) in [5, 5.41) is 22.5. The van der Waals surface area contributed by atoms with Crippen LogP contribution in [0, 0.1) is 11.3 Å². The van der Waals surface area contributed by atoms with Crippen molar-refractivity contribution in [3.63, 3.8) is 0 Å². The maximum Gasteiger partial charge on any atom is 0.256 e. The molecule has 0 atom stereocenters. The molecule has 3 aromatic rings. The van der Waals surface area contributed by atoms with E-state index in [-0.39, 0.29) is 17.5 Å². The second-order valence-electron chi connectivity index (χ2n) is 10.6. The Kier molecular flexibility index (Phi) is 6.30. The predicted octanol–water partition coefficient (Wildman–Crippen LogP) is 4.43. The van der Waals surface area contributed by atoms with Gasteiger partial charge in [0.05, 0.1) is 17.2 Å². The summed E-state index contributed by atoms with van der Waals surface area (Å²) in [4.78, 5) is 26.7. The van der Waals surface area contributed by atoms with Gasteiger partial charge in [0.25, 0.3) is 5.91 Å². The van der Waals surface area contributed by atoms with E-state index in [2.05, 4.69) is 68.3 Å². The number of nitriles is 1. The summed E-state index contributed by atoms with van der Waals surface area (Å²) in [5.74, 6) is 0.944. The van der Waals surface area contributed by atoms with Crippen molar-refractivity contribution in [1.29, 1.82) is 5.26 Å². The number of hydrogen-bond acceptors (Lipinski definition) is 8. The minimum Gasteiger partial charge on any atom is -0.350 e. The van der Waals surface area contributed by atoms with Gasteiger partial charge in [0.15, 0.2) is 0 Å². The van der Waals surface area contributed by atoms with Gasteiger partial charge in [0.1, 0.15) is 17.2 Å². The number of hydrogen-bond donors (Lipinski definition) is 4. The van der Waals surface area contributed by atoms with Crippen molar-refractivity contribution < 1.29 is 4.79 Å².